The fourth-order valence-electron chi connectivity index (χ4n) is 1.16. The highest BCUT2D eigenvalue weighted by Gasteiger charge is 2.08. The van der Waals surface area contributed by atoms with Crippen molar-refractivity contribution in [1.29, 1.82) is 0 Å². The largest absolute Gasteiger partial charge is 0.497 e. The molecule has 1 aromatic rings. The lowest BCUT2D eigenvalue weighted by Gasteiger charge is -2.10. The molecule has 3 heteroatoms. The summed E-state index contributed by atoms with van der Waals surface area (Å²) in [6.45, 7) is -0.0777. The quantitative estimate of drug-likeness (QED) is 0.771. The van der Waals surface area contributed by atoms with Gasteiger partial charge in [-0.15, -0.1) is 0 Å². The van der Waals surface area contributed by atoms with Crippen LogP contribution in [0.25, 0.3) is 0 Å². The van der Waals surface area contributed by atoms with Crippen molar-refractivity contribution >= 4 is 0 Å². The minimum Gasteiger partial charge on any atom is -0.497 e. The summed E-state index contributed by atoms with van der Waals surface area (Å²) in [4.78, 5) is 0. The Morgan fingerprint density at radius 2 is 2.00 bits per heavy atom. The van der Waals surface area contributed by atoms with E-state index in [4.69, 9.17) is 10.5 Å². The van der Waals surface area contributed by atoms with Crippen LogP contribution >= 0.6 is 0 Å². The Bertz CT molecular complexity index is 244. The molecule has 13 heavy (non-hydrogen) atoms. The topological polar surface area (TPSA) is 35.2 Å². The number of hydrogen-bond donors (Lipinski definition) is 1. The number of methoxy groups -OCH3 is 1. The molecule has 0 aliphatic rings. The van der Waals surface area contributed by atoms with E-state index in [2.05, 4.69) is 0 Å². The third kappa shape index (κ3) is 2.42. The van der Waals surface area contributed by atoms with Gasteiger partial charge in [-0.3, -0.25) is 4.39 Å². The van der Waals surface area contributed by atoms with E-state index in [9.17, 15) is 4.39 Å². The van der Waals surface area contributed by atoms with Gasteiger partial charge in [-0.05, 0) is 17.7 Å². The van der Waals surface area contributed by atoms with E-state index >= 15 is 0 Å². The maximum atomic E-state index is 12.4. The van der Waals surface area contributed by atoms with E-state index in [1.807, 2.05) is 24.3 Å². The summed E-state index contributed by atoms with van der Waals surface area (Å²) in [5.41, 5.74) is 6.34. The average molecular weight is 183 g/mol. The predicted octanol–water partition coefficient (Wildman–Crippen LogP) is 1.71. The van der Waals surface area contributed by atoms with Gasteiger partial charge in [-0.25, -0.2) is 0 Å². The van der Waals surface area contributed by atoms with Crippen molar-refractivity contribution in [3.8, 4) is 5.75 Å². The molecule has 0 saturated heterocycles. The molecular formula is C10H14FNO. The van der Waals surface area contributed by atoms with Crippen molar-refractivity contribution in [3.63, 3.8) is 0 Å². The molecule has 1 aromatic carbocycles. The van der Waals surface area contributed by atoms with Crippen LogP contribution in [-0.2, 0) is 0 Å². The zero-order valence-electron chi connectivity index (χ0n) is 7.66. The van der Waals surface area contributed by atoms with Gasteiger partial charge in [0.25, 0.3) is 0 Å². The average Bonchev–Trinajstić information content (AvgIpc) is 2.21. The smallest absolute Gasteiger partial charge is 0.118 e. The number of rotatable bonds is 4. The van der Waals surface area contributed by atoms with Crippen molar-refractivity contribution in [1.82, 2.24) is 0 Å². The van der Waals surface area contributed by atoms with E-state index in [1.165, 1.54) is 0 Å². The normalized spacial score (nSPS) is 12.5. The summed E-state index contributed by atoms with van der Waals surface area (Å²) in [7, 11) is 1.60. The second-order valence-corrected chi connectivity index (χ2v) is 2.86. The standard InChI is InChI=1S/C10H14FNO/c1-13-10-4-2-8(3-5-10)9(6-11)7-12/h2-5,9H,6-7,12H2,1H3. The Hall–Kier alpha value is -1.09. The maximum absolute atomic E-state index is 12.4. The third-order valence-corrected chi connectivity index (χ3v) is 2.06. The van der Waals surface area contributed by atoms with Gasteiger partial charge in [0.1, 0.15) is 5.75 Å². The van der Waals surface area contributed by atoms with Gasteiger partial charge < -0.3 is 10.5 Å². The fraction of sp³-hybridized carbons (Fsp3) is 0.400. The van der Waals surface area contributed by atoms with E-state index < -0.39 is 6.67 Å². The number of halogens is 1. The number of ether oxygens (including phenoxy) is 1. The van der Waals surface area contributed by atoms with Gasteiger partial charge in [0.2, 0.25) is 0 Å². The highest BCUT2D eigenvalue weighted by Crippen LogP contribution is 2.18. The van der Waals surface area contributed by atoms with Gasteiger partial charge in [-0.2, -0.15) is 0 Å². The van der Waals surface area contributed by atoms with E-state index in [0.29, 0.717) is 6.54 Å². The van der Waals surface area contributed by atoms with Crippen LogP contribution < -0.4 is 10.5 Å². The molecule has 0 aliphatic carbocycles. The van der Waals surface area contributed by atoms with Crippen molar-refractivity contribution < 1.29 is 9.13 Å². The molecule has 1 atom stereocenters. The van der Waals surface area contributed by atoms with E-state index in [1.54, 1.807) is 7.11 Å². The monoisotopic (exact) mass is 183 g/mol. The lowest BCUT2D eigenvalue weighted by Crippen LogP contribution is -2.13. The second kappa shape index (κ2) is 4.82. The predicted molar refractivity (Wildman–Crippen MR) is 50.8 cm³/mol. The molecule has 1 unspecified atom stereocenters. The molecule has 72 valence electrons. The molecule has 0 fully saturated rings. The van der Waals surface area contributed by atoms with Crippen molar-refractivity contribution in [3.05, 3.63) is 29.8 Å². The van der Waals surface area contributed by atoms with Crippen LogP contribution in [0.4, 0.5) is 4.39 Å². The van der Waals surface area contributed by atoms with E-state index in [-0.39, 0.29) is 5.92 Å². The van der Waals surface area contributed by atoms with Crippen molar-refractivity contribution in [2.75, 3.05) is 20.3 Å². The Labute approximate surface area is 77.5 Å². The van der Waals surface area contributed by atoms with Crippen LogP contribution in [0.2, 0.25) is 0 Å². The summed E-state index contributed by atoms with van der Waals surface area (Å²) >= 11 is 0. The number of nitrogens with two attached hydrogens (primary N) is 1. The number of alkyl halides is 1. The lowest BCUT2D eigenvalue weighted by molar-refractivity contribution is 0.413. The van der Waals surface area contributed by atoms with Crippen molar-refractivity contribution in [2.45, 2.75) is 5.92 Å². The first kappa shape index (κ1) is 9.99. The first-order chi connectivity index (χ1) is 6.31. The Balaban J connectivity index is 2.78. The van der Waals surface area contributed by atoms with Crippen molar-refractivity contribution in [2.24, 2.45) is 5.73 Å². The molecule has 0 amide bonds. The Morgan fingerprint density at radius 1 is 1.38 bits per heavy atom. The third-order valence-electron chi connectivity index (χ3n) is 2.06. The molecule has 0 aromatic heterocycles. The van der Waals surface area contributed by atoms with Crippen LogP contribution in [0.3, 0.4) is 0 Å². The lowest BCUT2D eigenvalue weighted by atomic mass is 10.0. The van der Waals surface area contributed by atoms with Gasteiger partial charge >= 0.3 is 0 Å². The van der Waals surface area contributed by atoms with Gasteiger partial charge in [0.05, 0.1) is 13.8 Å². The number of hydrogen-bond acceptors (Lipinski definition) is 2. The highest BCUT2D eigenvalue weighted by atomic mass is 19.1. The summed E-state index contributed by atoms with van der Waals surface area (Å²) < 4.78 is 17.4. The summed E-state index contributed by atoms with van der Waals surface area (Å²) in [6, 6.07) is 7.31. The summed E-state index contributed by atoms with van der Waals surface area (Å²) in [5, 5.41) is 0. The zero-order valence-corrected chi connectivity index (χ0v) is 7.66. The maximum Gasteiger partial charge on any atom is 0.118 e. The van der Waals surface area contributed by atoms with Crippen LogP contribution in [0, 0.1) is 0 Å². The second-order valence-electron chi connectivity index (χ2n) is 2.86. The van der Waals surface area contributed by atoms with E-state index in [0.717, 1.165) is 11.3 Å². The Kier molecular flexibility index (Phi) is 3.71. The van der Waals surface area contributed by atoms with Crippen LogP contribution in [0.15, 0.2) is 24.3 Å². The highest BCUT2D eigenvalue weighted by molar-refractivity contribution is 5.29. The molecule has 0 saturated carbocycles. The molecule has 0 aliphatic heterocycles. The van der Waals surface area contributed by atoms with Crippen LogP contribution in [0.5, 0.6) is 5.75 Å². The first-order valence-corrected chi connectivity index (χ1v) is 4.21. The molecule has 2 nitrogen and oxygen atoms in total. The number of benzene rings is 1. The first-order valence-electron chi connectivity index (χ1n) is 4.21. The molecule has 0 radical (unpaired) electrons. The minimum atomic E-state index is -0.414. The summed E-state index contributed by atoms with van der Waals surface area (Å²) in [5.74, 6) is 0.587. The van der Waals surface area contributed by atoms with Crippen LogP contribution in [0.1, 0.15) is 11.5 Å². The molecule has 0 bridgehead atoms. The fourth-order valence-corrected chi connectivity index (χ4v) is 1.16. The SMILES string of the molecule is COc1ccc(C(CN)CF)cc1. The van der Waals surface area contributed by atoms with Crippen LogP contribution in [-0.4, -0.2) is 20.3 Å². The van der Waals surface area contributed by atoms with Gasteiger partial charge in [0.15, 0.2) is 0 Å². The summed E-state index contributed by atoms with van der Waals surface area (Å²) in [6.07, 6.45) is 0. The van der Waals surface area contributed by atoms with Gasteiger partial charge in [-0.1, -0.05) is 12.1 Å². The molecule has 0 spiro atoms. The molecule has 0 heterocycles. The Morgan fingerprint density at radius 3 is 2.38 bits per heavy atom. The molecule has 1 rings (SSSR count). The zero-order chi connectivity index (χ0) is 9.68. The molecule has 2 N–H and O–H groups in total. The minimum absolute atomic E-state index is 0.189. The van der Waals surface area contributed by atoms with Gasteiger partial charge in [0, 0.05) is 12.5 Å². The molecular weight excluding hydrogens is 169 g/mol.